The molecule has 0 aromatic heterocycles. The minimum Gasteiger partial charge on any atom is -0.393 e. The zero-order chi connectivity index (χ0) is 15.7. The number of hydrogen-bond donors (Lipinski definition) is 3. The first-order valence-electron chi connectivity index (χ1n) is 8.00. The number of nitrogens with one attached hydrogen (secondary N) is 1. The number of rotatable bonds is 4. The van der Waals surface area contributed by atoms with Crippen LogP contribution < -0.4 is 11.1 Å². The van der Waals surface area contributed by atoms with Crippen molar-refractivity contribution in [1.29, 1.82) is 0 Å². The van der Waals surface area contributed by atoms with Crippen LogP contribution in [0.15, 0.2) is 24.3 Å². The number of aliphatic hydroxyl groups is 1. The van der Waals surface area contributed by atoms with Gasteiger partial charge < -0.3 is 16.2 Å². The summed E-state index contributed by atoms with van der Waals surface area (Å²) in [7, 11) is 0. The van der Waals surface area contributed by atoms with Crippen molar-refractivity contribution in [3.05, 3.63) is 34.9 Å². The van der Waals surface area contributed by atoms with Crippen LogP contribution in [-0.2, 0) is 4.79 Å². The van der Waals surface area contributed by atoms with Crippen molar-refractivity contribution in [1.82, 2.24) is 5.32 Å². The minimum absolute atomic E-state index is 0.273. The number of nitrogens with two attached hydrogens (primary N) is 1. The number of halogens is 1. The predicted molar refractivity (Wildman–Crippen MR) is 86.8 cm³/mol. The van der Waals surface area contributed by atoms with Gasteiger partial charge in [-0.1, -0.05) is 30.2 Å². The molecule has 0 spiro atoms. The maximum absolute atomic E-state index is 11.7. The largest absolute Gasteiger partial charge is 0.393 e. The van der Waals surface area contributed by atoms with Gasteiger partial charge in [-0.25, -0.2) is 0 Å². The lowest BCUT2D eigenvalue weighted by Crippen LogP contribution is -2.67. The molecule has 1 amide bonds. The summed E-state index contributed by atoms with van der Waals surface area (Å²) in [4.78, 5) is 11.7. The molecule has 1 aromatic rings. The van der Waals surface area contributed by atoms with Crippen molar-refractivity contribution in [2.45, 2.75) is 62.1 Å². The van der Waals surface area contributed by atoms with Gasteiger partial charge in [0.2, 0.25) is 5.91 Å². The Balaban J connectivity index is 1.65. The lowest BCUT2D eigenvalue weighted by Gasteiger charge is -2.47. The Morgan fingerprint density at radius 1 is 1.27 bits per heavy atom. The summed E-state index contributed by atoms with van der Waals surface area (Å²) in [5, 5.41) is 13.8. The monoisotopic (exact) mass is 322 g/mol. The second kappa shape index (κ2) is 6.19. The van der Waals surface area contributed by atoms with Crippen LogP contribution in [0.1, 0.15) is 50.0 Å². The van der Waals surface area contributed by atoms with E-state index in [9.17, 15) is 9.90 Å². The van der Waals surface area contributed by atoms with Gasteiger partial charge in [0, 0.05) is 23.9 Å². The van der Waals surface area contributed by atoms with E-state index in [4.69, 9.17) is 17.3 Å². The highest BCUT2D eigenvalue weighted by Crippen LogP contribution is 2.38. The molecule has 0 heterocycles. The molecule has 2 aliphatic carbocycles. The Labute approximate surface area is 136 Å². The van der Waals surface area contributed by atoms with Crippen LogP contribution in [0.3, 0.4) is 0 Å². The van der Waals surface area contributed by atoms with Crippen LogP contribution in [0.5, 0.6) is 0 Å². The molecule has 120 valence electrons. The summed E-state index contributed by atoms with van der Waals surface area (Å²) in [6.07, 6.45) is 4.79. The first-order valence-corrected chi connectivity index (χ1v) is 8.37. The number of benzene rings is 1. The lowest BCUT2D eigenvalue weighted by molar-refractivity contribution is -0.134. The summed E-state index contributed by atoms with van der Waals surface area (Å²) in [5.41, 5.74) is 6.15. The van der Waals surface area contributed by atoms with E-state index in [1.54, 1.807) is 0 Å². The molecule has 3 rings (SSSR count). The maximum Gasteiger partial charge on any atom is 0.237 e. The van der Waals surface area contributed by atoms with Crippen molar-refractivity contribution < 1.29 is 9.90 Å². The van der Waals surface area contributed by atoms with Gasteiger partial charge in [0.25, 0.3) is 0 Å². The Kier molecular flexibility index (Phi) is 4.44. The fourth-order valence-corrected chi connectivity index (χ4v) is 4.01. The number of aliphatic hydroxyl groups excluding tert-OH is 1. The highest BCUT2D eigenvalue weighted by molar-refractivity contribution is 6.30. The highest BCUT2D eigenvalue weighted by atomic mass is 35.5. The van der Waals surface area contributed by atoms with Crippen LogP contribution in [0.4, 0.5) is 0 Å². The third-order valence-electron chi connectivity index (χ3n) is 5.14. The quantitative estimate of drug-likeness (QED) is 0.796. The standard InChI is InChI=1S/C17H23ClN2O2/c18-13-6-4-11(5-7-13)12-2-1-3-14(8-12)20-17(16(19)22)9-15(21)10-17/h4-7,12,14-15,20-21H,1-3,8-10H2,(H2,19,22). The fraction of sp³-hybridized carbons (Fsp3) is 0.588. The Hall–Kier alpha value is -1.10. The summed E-state index contributed by atoms with van der Waals surface area (Å²) < 4.78 is 0. The van der Waals surface area contributed by atoms with Crippen molar-refractivity contribution >= 4 is 17.5 Å². The second-order valence-electron chi connectivity index (χ2n) is 6.76. The summed E-state index contributed by atoms with van der Waals surface area (Å²) in [5.74, 6) is 0.143. The number of amides is 1. The number of primary amides is 1. The van der Waals surface area contributed by atoms with Crippen LogP contribution in [0.25, 0.3) is 0 Å². The Morgan fingerprint density at radius 3 is 2.55 bits per heavy atom. The van der Waals surface area contributed by atoms with E-state index in [-0.39, 0.29) is 11.9 Å². The van der Waals surface area contributed by atoms with E-state index in [2.05, 4.69) is 17.4 Å². The van der Waals surface area contributed by atoms with E-state index in [0.29, 0.717) is 18.8 Å². The van der Waals surface area contributed by atoms with Gasteiger partial charge in [0.15, 0.2) is 0 Å². The molecule has 2 fully saturated rings. The van der Waals surface area contributed by atoms with Crippen LogP contribution >= 0.6 is 11.6 Å². The van der Waals surface area contributed by atoms with E-state index in [0.717, 1.165) is 30.7 Å². The van der Waals surface area contributed by atoms with Crippen molar-refractivity contribution in [3.63, 3.8) is 0 Å². The third kappa shape index (κ3) is 3.14. The molecule has 2 unspecified atom stereocenters. The smallest absolute Gasteiger partial charge is 0.237 e. The van der Waals surface area contributed by atoms with Crippen molar-refractivity contribution in [2.24, 2.45) is 5.73 Å². The summed E-state index contributed by atoms with van der Waals surface area (Å²) >= 11 is 5.95. The van der Waals surface area contributed by atoms with E-state index >= 15 is 0 Å². The van der Waals surface area contributed by atoms with Crippen molar-refractivity contribution in [2.75, 3.05) is 0 Å². The molecular weight excluding hydrogens is 300 g/mol. The zero-order valence-electron chi connectivity index (χ0n) is 12.6. The molecule has 4 N–H and O–H groups in total. The molecule has 0 bridgehead atoms. The van der Waals surface area contributed by atoms with Crippen LogP contribution in [0, 0.1) is 0 Å². The van der Waals surface area contributed by atoms with Gasteiger partial charge in [-0.2, -0.15) is 0 Å². The summed E-state index contributed by atoms with van der Waals surface area (Å²) in [6.45, 7) is 0. The Morgan fingerprint density at radius 2 is 1.95 bits per heavy atom. The second-order valence-corrected chi connectivity index (χ2v) is 7.20. The van der Waals surface area contributed by atoms with Crippen molar-refractivity contribution in [3.8, 4) is 0 Å². The first kappa shape index (κ1) is 15.8. The van der Waals surface area contributed by atoms with Gasteiger partial charge in [0.05, 0.1) is 6.10 Å². The first-order chi connectivity index (χ1) is 10.5. The van der Waals surface area contributed by atoms with E-state index in [1.807, 2.05) is 12.1 Å². The van der Waals surface area contributed by atoms with Gasteiger partial charge >= 0.3 is 0 Å². The molecule has 1 aromatic carbocycles. The average molecular weight is 323 g/mol. The van der Waals surface area contributed by atoms with Gasteiger partial charge in [-0.15, -0.1) is 0 Å². The molecule has 2 saturated carbocycles. The topological polar surface area (TPSA) is 75.4 Å². The van der Waals surface area contributed by atoms with E-state index < -0.39 is 11.6 Å². The fourth-order valence-electron chi connectivity index (χ4n) is 3.88. The highest BCUT2D eigenvalue weighted by Gasteiger charge is 2.49. The summed E-state index contributed by atoms with van der Waals surface area (Å²) in [6, 6.07) is 8.32. The molecule has 0 aliphatic heterocycles. The third-order valence-corrected chi connectivity index (χ3v) is 5.39. The van der Waals surface area contributed by atoms with Crippen LogP contribution in [-0.4, -0.2) is 28.7 Å². The molecule has 22 heavy (non-hydrogen) atoms. The molecule has 5 heteroatoms. The molecule has 4 nitrogen and oxygen atoms in total. The number of carbonyl (C=O) groups excluding carboxylic acids is 1. The number of hydrogen-bond acceptors (Lipinski definition) is 3. The normalized spacial score (nSPS) is 34.9. The molecule has 0 radical (unpaired) electrons. The van der Waals surface area contributed by atoms with Gasteiger partial charge in [-0.3, -0.25) is 4.79 Å². The maximum atomic E-state index is 11.7. The minimum atomic E-state index is -0.702. The molecule has 0 saturated heterocycles. The molecule has 2 aliphatic rings. The molecular formula is C17H23ClN2O2. The zero-order valence-corrected chi connectivity index (χ0v) is 13.4. The molecule has 2 atom stereocenters. The lowest BCUT2D eigenvalue weighted by atomic mass is 9.71. The van der Waals surface area contributed by atoms with E-state index in [1.165, 1.54) is 5.56 Å². The average Bonchev–Trinajstić information content (AvgIpc) is 2.46. The SMILES string of the molecule is NC(=O)C1(NC2CCCC(c3ccc(Cl)cc3)C2)CC(O)C1. The predicted octanol–water partition coefficient (Wildman–Crippen LogP) is 2.33. The Bertz CT molecular complexity index is 540. The van der Waals surface area contributed by atoms with Crippen LogP contribution in [0.2, 0.25) is 5.02 Å². The van der Waals surface area contributed by atoms with Gasteiger partial charge in [0.1, 0.15) is 5.54 Å². The van der Waals surface area contributed by atoms with Gasteiger partial charge in [-0.05, 0) is 42.9 Å². The number of carbonyl (C=O) groups is 1.